The molecule has 8 rings (SSSR count). The van der Waals surface area contributed by atoms with Crippen molar-refractivity contribution in [3.8, 4) is 0 Å². The molecule has 70 heavy (non-hydrogen) atoms. The summed E-state index contributed by atoms with van der Waals surface area (Å²) >= 11 is 0. The minimum atomic E-state index is -7.22. The summed E-state index contributed by atoms with van der Waals surface area (Å²) in [7, 11) is 0. The van der Waals surface area contributed by atoms with Gasteiger partial charge in [-0.2, -0.15) is 0 Å². The SMILES string of the molecule is Fc1c(F)c(F)c([B-](c2c(F)c(F)c(F)c(F)c2F)(c2c(F)c(F)c(F)c(F)c2F)c2c(F)c(F)c(F)c(F)c2F)c(F)c1F.O=C(c1ccccc1)c1ccc(C[n+]2ccc3ccccc3c2)cc1. The average molecular weight is 1000 g/mol. The van der Waals surface area contributed by atoms with E-state index < -0.39 is 144 Å². The van der Waals surface area contributed by atoms with Crippen LogP contribution in [0.3, 0.4) is 0 Å². The smallest absolute Gasteiger partial charge is 0.200 e. The van der Waals surface area contributed by atoms with Crippen molar-refractivity contribution in [2.45, 2.75) is 6.54 Å². The van der Waals surface area contributed by atoms with Crippen LogP contribution in [0.25, 0.3) is 10.8 Å². The Morgan fingerprint density at radius 2 is 0.614 bits per heavy atom. The van der Waals surface area contributed by atoms with Gasteiger partial charge in [0.25, 0.3) is 0 Å². The number of benzene rings is 7. The number of carbonyl (C=O) groups is 1. The number of fused-ring (bicyclic) bond motifs is 1. The summed E-state index contributed by atoms with van der Waals surface area (Å²) in [6.45, 7) is 0.782. The van der Waals surface area contributed by atoms with Gasteiger partial charge in [0.05, 0.1) is 0 Å². The van der Waals surface area contributed by atoms with E-state index >= 15 is 35.1 Å². The summed E-state index contributed by atoms with van der Waals surface area (Å²) in [5.74, 6) is -71.3. The Hall–Kier alpha value is -7.72. The third-order valence-corrected chi connectivity index (χ3v) is 11.1. The average Bonchev–Trinajstić information content (AvgIpc) is 3.36. The normalized spacial score (nSPS) is 11.5. The molecule has 0 aliphatic heterocycles. The topological polar surface area (TPSA) is 20.9 Å². The van der Waals surface area contributed by atoms with Crippen LogP contribution in [0.4, 0.5) is 87.8 Å². The Kier molecular flexibility index (Phi) is 13.6. The third kappa shape index (κ3) is 8.05. The largest absolute Gasteiger partial charge is 0.289 e. The zero-order valence-electron chi connectivity index (χ0n) is 33.9. The van der Waals surface area contributed by atoms with Gasteiger partial charge in [0, 0.05) is 28.1 Å². The lowest BCUT2D eigenvalue weighted by Crippen LogP contribution is -2.81. The van der Waals surface area contributed by atoms with Crippen LogP contribution in [0, 0.1) is 116 Å². The predicted molar refractivity (Wildman–Crippen MR) is 209 cm³/mol. The molecule has 23 heteroatoms. The first-order valence-electron chi connectivity index (χ1n) is 19.3. The first-order chi connectivity index (χ1) is 33.0. The van der Waals surface area contributed by atoms with E-state index in [1.807, 2.05) is 54.6 Å². The molecule has 0 atom stereocenters. The van der Waals surface area contributed by atoms with Gasteiger partial charge in [-0.05, 0) is 11.5 Å². The van der Waals surface area contributed by atoms with Crippen LogP contribution in [0.5, 0.6) is 0 Å². The van der Waals surface area contributed by atoms with Crippen LogP contribution >= 0.6 is 0 Å². The van der Waals surface area contributed by atoms with E-state index in [9.17, 15) is 57.5 Å². The van der Waals surface area contributed by atoms with E-state index in [0.717, 1.165) is 17.7 Å². The Morgan fingerprint density at radius 3 is 0.957 bits per heavy atom. The van der Waals surface area contributed by atoms with Crippen LogP contribution in [0.1, 0.15) is 21.5 Å². The highest BCUT2D eigenvalue weighted by atomic mass is 19.2. The molecular formula is C47H18BF20NO. The van der Waals surface area contributed by atoms with E-state index in [2.05, 4.69) is 47.3 Å². The molecule has 0 bridgehead atoms. The lowest BCUT2D eigenvalue weighted by atomic mass is 9.12. The van der Waals surface area contributed by atoms with Crippen molar-refractivity contribution in [1.29, 1.82) is 0 Å². The predicted octanol–water partition coefficient (Wildman–Crippen LogP) is 10.3. The van der Waals surface area contributed by atoms with Crippen molar-refractivity contribution in [2.75, 3.05) is 0 Å². The van der Waals surface area contributed by atoms with Gasteiger partial charge in [0.1, 0.15) is 52.7 Å². The molecule has 0 spiro atoms. The van der Waals surface area contributed by atoms with Gasteiger partial charge in [-0.25, -0.2) is 92.4 Å². The zero-order valence-corrected chi connectivity index (χ0v) is 33.9. The molecule has 0 saturated heterocycles. The fourth-order valence-electron chi connectivity index (χ4n) is 7.88. The summed E-state index contributed by atoms with van der Waals surface area (Å²) in [6.07, 6.45) is -2.98. The van der Waals surface area contributed by atoms with Crippen molar-refractivity contribution < 1.29 is 97.2 Å². The number of rotatable bonds is 8. The molecule has 0 amide bonds. The second-order valence-electron chi connectivity index (χ2n) is 14.9. The van der Waals surface area contributed by atoms with Gasteiger partial charge in [-0.15, -0.1) is 21.9 Å². The van der Waals surface area contributed by atoms with Crippen molar-refractivity contribution in [1.82, 2.24) is 0 Å². The minimum absolute atomic E-state index is 0.0607. The maximum absolute atomic E-state index is 15.4. The van der Waals surface area contributed by atoms with Crippen molar-refractivity contribution in [2.24, 2.45) is 0 Å². The van der Waals surface area contributed by atoms with Gasteiger partial charge in [0.15, 0.2) is 94.5 Å². The Morgan fingerprint density at radius 1 is 0.329 bits per heavy atom. The Balaban J connectivity index is 0.000000242. The number of nitrogens with zero attached hydrogens (tertiary/aromatic N) is 1. The number of hydrogen-bond acceptors (Lipinski definition) is 1. The van der Waals surface area contributed by atoms with E-state index in [1.54, 1.807) is 0 Å². The molecule has 0 saturated carbocycles. The van der Waals surface area contributed by atoms with Gasteiger partial charge in [-0.1, -0.05) is 72.8 Å². The molecular weight excluding hydrogens is 985 g/mol. The number of halogens is 20. The van der Waals surface area contributed by atoms with E-state index in [-0.39, 0.29) is 5.78 Å². The van der Waals surface area contributed by atoms with Gasteiger partial charge >= 0.3 is 0 Å². The van der Waals surface area contributed by atoms with Crippen molar-refractivity contribution in [3.63, 3.8) is 0 Å². The number of carbonyl (C=O) groups excluding carboxylic acids is 1. The highest BCUT2D eigenvalue weighted by molar-refractivity contribution is 7.20. The summed E-state index contributed by atoms with van der Waals surface area (Å²) in [4.78, 5) is 12.5. The first-order valence-corrected chi connectivity index (χ1v) is 19.3. The Labute approximate surface area is 378 Å². The molecule has 0 aliphatic carbocycles. The lowest BCUT2D eigenvalue weighted by Gasteiger charge is -2.44. The molecule has 0 radical (unpaired) electrons. The first kappa shape index (κ1) is 50.2. The van der Waals surface area contributed by atoms with Crippen LogP contribution in [0.2, 0.25) is 0 Å². The maximum atomic E-state index is 15.4. The molecule has 1 aromatic heterocycles. The highest BCUT2D eigenvalue weighted by Crippen LogP contribution is 2.31. The maximum Gasteiger partial charge on any atom is 0.200 e. The fourth-order valence-corrected chi connectivity index (χ4v) is 7.88. The number of pyridine rings is 1. The summed E-state index contributed by atoms with van der Waals surface area (Å²) in [6, 6.07) is 27.7. The molecule has 0 N–H and O–H groups in total. The molecule has 0 fully saturated rings. The molecule has 0 unspecified atom stereocenters. The number of hydrogen-bond donors (Lipinski definition) is 0. The molecule has 2 nitrogen and oxygen atoms in total. The Bertz CT molecular complexity index is 3040. The van der Waals surface area contributed by atoms with Crippen LogP contribution in [-0.4, -0.2) is 11.9 Å². The summed E-state index contributed by atoms with van der Waals surface area (Å²) in [5, 5.41) is 2.46. The van der Waals surface area contributed by atoms with Crippen molar-refractivity contribution >= 4 is 44.6 Å². The minimum Gasteiger partial charge on any atom is -0.289 e. The van der Waals surface area contributed by atoms with Gasteiger partial charge in [-0.3, -0.25) is 4.79 Å². The van der Waals surface area contributed by atoms with Crippen molar-refractivity contribution in [3.05, 3.63) is 230 Å². The van der Waals surface area contributed by atoms with Gasteiger partial charge in [0.2, 0.25) is 0 Å². The highest BCUT2D eigenvalue weighted by Gasteiger charge is 2.52. The number of ketones is 1. The van der Waals surface area contributed by atoms with Crippen LogP contribution < -0.4 is 26.4 Å². The van der Waals surface area contributed by atoms with E-state index in [1.165, 1.54) is 16.3 Å². The zero-order chi connectivity index (χ0) is 51.4. The quantitative estimate of drug-likeness (QED) is 0.0371. The molecule has 360 valence electrons. The molecule has 0 aliphatic rings. The lowest BCUT2D eigenvalue weighted by molar-refractivity contribution is -0.687. The number of aromatic nitrogens is 1. The summed E-state index contributed by atoms with van der Waals surface area (Å²) in [5.41, 5.74) is -11.7. The molecule has 8 aromatic rings. The van der Waals surface area contributed by atoms with Crippen LogP contribution in [0.15, 0.2) is 97.3 Å². The summed E-state index contributed by atoms with van der Waals surface area (Å²) < 4.78 is 296. The second kappa shape index (κ2) is 19.0. The van der Waals surface area contributed by atoms with Crippen LogP contribution in [-0.2, 0) is 6.54 Å². The van der Waals surface area contributed by atoms with E-state index in [4.69, 9.17) is 0 Å². The fraction of sp³-hybridized carbons (Fsp3) is 0.0213. The molecule has 7 aromatic carbocycles. The standard InChI is InChI=1S/C24BF20.C23H18NO/c26-5-1(6(27)14(35)21(42)13(5)34)25(2-7(28)15(36)22(43)16(37)8(2)29,3-9(30)17(38)23(44)18(39)10(3)31)4-11(32)19(40)24(45)20(41)12(4)33;25-23(20-7-2-1-3-8-20)21-12-10-18(11-13-21)16-24-15-14-19-6-4-5-9-22(19)17-24/h;1-15,17H,16H2/q-1;+1. The van der Waals surface area contributed by atoms with E-state index in [0.29, 0.717) is 0 Å². The van der Waals surface area contributed by atoms with Gasteiger partial charge < -0.3 is 0 Å². The monoisotopic (exact) mass is 1000 g/mol. The second-order valence-corrected chi connectivity index (χ2v) is 14.9. The third-order valence-electron chi connectivity index (χ3n) is 11.1. The molecule has 1 heterocycles.